The van der Waals surface area contributed by atoms with Gasteiger partial charge in [-0.05, 0) is 49.2 Å². The Morgan fingerprint density at radius 2 is 1.84 bits per heavy atom. The molecule has 8 heteroatoms. The number of nitrogens with one attached hydrogen (secondary N) is 2. The number of carbonyl (C=O) groups is 1. The number of aliphatic hydroxyl groups is 1. The molecule has 0 radical (unpaired) electrons. The molecule has 2 aliphatic rings. The Bertz CT molecular complexity index is 871. The molecule has 0 saturated carbocycles. The van der Waals surface area contributed by atoms with Gasteiger partial charge in [0.1, 0.15) is 18.5 Å². The largest absolute Gasteiger partial charge is 0.486 e. The third-order valence-corrected chi connectivity index (χ3v) is 5.66. The summed E-state index contributed by atoms with van der Waals surface area (Å²) in [6.07, 6.45) is 0.702. The summed E-state index contributed by atoms with van der Waals surface area (Å²) in [5.41, 5.74) is 0.591. The van der Waals surface area contributed by atoms with Crippen molar-refractivity contribution in [1.82, 2.24) is 10.2 Å². The minimum absolute atomic E-state index is 0.108. The van der Waals surface area contributed by atoms with Gasteiger partial charge in [-0.3, -0.25) is 9.69 Å². The number of ether oxygens (including phenoxy) is 2. The van der Waals surface area contributed by atoms with E-state index >= 15 is 0 Å². The van der Waals surface area contributed by atoms with Crippen LogP contribution in [-0.2, 0) is 4.79 Å². The lowest BCUT2D eigenvalue weighted by atomic mass is 10.0. The Morgan fingerprint density at radius 3 is 2.58 bits per heavy atom. The van der Waals surface area contributed by atoms with Crippen LogP contribution < -0.4 is 20.1 Å². The lowest BCUT2D eigenvalue weighted by Gasteiger charge is -2.34. The third-order valence-electron chi connectivity index (χ3n) is 5.66. The minimum atomic E-state index is -0.673. The maximum absolute atomic E-state index is 13.0. The van der Waals surface area contributed by atoms with Crippen molar-refractivity contribution in [3.63, 3.8) is 0 Å². The van der Waals surface area contributed by atoms with Crippen molar-refractivity contribution in [2.24, 2.45) is 0 Å². The Hall–Kier alpha value is -2.68. The lowest BCUT2D eigenvalue weighted by molar-refractivity contribution is -0.117. The predicted octanol–water partition coefficient (Wildman–Crippen LogP) is 2.02. The number of aliphatic hydroxyl groups excluding tert-OH is 1. The molecule has 2 aromatic rings. The van der Waals surface area contributed by atoms with Gasteiger partial charge in [0.25, 0.3) is 0 Å². The van der Waals surface area contributed by atoms with Crippen LogP contribution in [0.15, 0.2) is 48.5 Å². The van der Waals surface area contributed by atoms with Gasteiger partial charge >= 0.3 is 0 Å². The summed E-state index contributed by atoms with van der Waals surface area (Å²) < 4.78 is 24.5. The fraction of sp³-hybridized carbons (Fsp3) is 0.435. The molecule has 1 saturated heterocycles. The molecule has 2 unspecified atom stereocenters. The second-order valence-electron chi connectivity index (χ2n) is 8.00. The molecule has 0 aliphatic carbocycles. The van der Waals surface area contributed by atoms with Gasteiger partial charge in [-0.15, -0.1) is 0 Å². The summed E-state index contributed by atoms with van der Waals surface area (Å²) in [5, 5.41) is 16.7. The average Bonchev–Trinajstić information content (AvgIpc) is 2.79. The van der Waals surface area contributed by atoms with Crippen molar-refractivity contribution in [2.75, 3.05) is 38.1 Å². The normalized spacial score (nSPS) is 20.3. The highest BCUT2D eigenvalue weighted by atomic mass is 19.1. The van der Waals surface area contributed by atoms with Crippen molar-refractivity contribution in [1.29, 1.82) is 0 Å². The van der Waals surface area contributed by atoms with Crippen LogP contribution in [-0.4, -0.2) is 66.9 Å². The van der Waals surface area contributed by atoms with E-state index in [0.717, 1.165) is 25.9 Å². The van der Waals surface area contributed by atoms with Crippen molar-refractivity contribution >= 4 is 11.6 Å². The Labute approximate surface area is 181 Å². The first-order chi connectivity index (χ1) is 15.1. The van der Waals surface area contributed by atoms with Crippen molar-refractivity contribution in [3.05, 3.63) is 54.3 Å². The maximum Gasteiger partial charge on any atom is 0.238 e. The van der Waals surface area contributed by atoms with Gasteiger partial charge in [0.05, 0.1) is 6.54 Å². The molecule has 2 aromatic carbocycles. The number of likely N-dealkylation sites (tertiary alicyclic amines) is 1. The topological polar surface area (TPSA) is 83.1 Å². The Morgan fingerprint density at radius 1 is 1.13 bits per heavy atom. The zero-order valence-electron chi connectivity index (χ0n) is 17.3. The van der Waals surface area contributed by atoms with E-state index in [1.807, 2.05) is 24.3 Å². The molecule has 2 aliphatic heterocycles. The van der Waals surface area contributed by atoms with E-state index in [1.54, 1.807) is 12.1 Å². The summed E-state index contributed by atoms with van der Waals surface area (Å²) in [4.78, 5) is 14.3. The SMILES string of the molecule is O=C(CN1CCC(NCC(O)C2COc3ccccc3O2)CC1)Nc1ccc(F)cc1. The van der Waals surface area contributed by atoms with E-state index in [4.69, 9.17) is 9.47 Å². The fourth-order valence-corrected chi connectivity index (χ4v) is 3.88. The quantitative estimate of drug-likeness (QED) is 0.625. The van der Waals surface area contributed by atoms with Crippen LogP contribution in [0.3, 0.4) is 0 Å². The molecule has 0 bridgehead atoms. The molecule has 4 rings (SSSR count). The summed E-state index contributed by atoms with van der Waals surface area (Å²) >= 11 is 0. The van der Waals surface area contributed by atoms with E-state index in [-0.39, 0.29) is 17.8 Å². The zero-order valence-corrected chi connectivity index (χ0v) is 17.3. The first-order valence-electron chi connectivity index (χ1n) is 10.6. The van der Waals surface area contributed by atoms with E-state index in [2.05, 4.69) is 15.5 Å². The predicted molar refractivity (Wildman–Crippen MR) is 115 cm³/mol. The number of piperidine rings is 1. The summed E-state index contributed by atoms with van der Waals surface area (Å²) in [7, 11) is 0. The van der Waals surface area contributed by atoms with E-state index in [0.29, 0.717) is 36.9 Å². The molecule has 1 amide bonds. The Balaban J connectivity index is 1.15. The molecular weight excluding hydrogens is 401 g/mol. The van der Waals surface area contributed by atoms with Crippen LogP contribution in [0, 0.1) is 5.82 Å². The molecule has 0 aromatic heterocycles. The highest BCUT2D eigenvalue weighted by Gasteiger charge is 2.28. The number of halogens is 1. The zero-order chi connectivity index (χ0) is 21.6. The fourth-order valence-electron chi connectivity index (χ4n) is 3.88. The number of benzene rings is 2. The average molecular weight is 429 g/mol. The first-order valence-corrected chi connectivity index (χ1v) is 10.6. The minimum Gasteiger partial charge on any atom is -0.486 e. The summed E-state index contributed by atoms with van der Waals surface area (Å²) in [6, 6.07) is 13.5. The molecule has 31 heavy (non-hydrogen) atoms. The molecule has 166 valence electrons. The van der Waals surface area contributed by atoms with Gasteiger partial charge in [0, 0.05) is 31.4 Å². The highest BCUT2D eigenvalue weighted by molar-refractivity contribution is 5.92. The van der Waals surface area contributed by atoms with Gasteiger partial charge in [-0.25, -0.2) is 4.39 Å². The van der Waals surface area contributed by atoms with Gasteiger partial charge < -0.3 is 25.2 Å². The maximum atomic E-state index is 13.0. The van der Waals surface area contributed by atoms with E-state index < -0.39 is 12.2 Å². The second-order valence-corrected chi connectivity index (χ2v) is 8.00. The first kappa shape index (κ1) is 21.5. The second kappa shape index (κ2) is 10.1. The number of anilines is 1. The van der Waals surface area contributed by atoms with Crippen LogP contribution >= 0.6 is 0 Å². The van der Waals surface area contributed by atoms with Crippen molar-refractivity contribution in [3.8, 4) is 11.5 Å². The molecule has 1 fully saturated rings. The van der Waals surface area contributed by atoms with Crippen LogP contribution in [0.5, 0.6) is 11.5 Å². The van der Waals surface area contributed by atoms with E-state index in [9.17, 15) is 14.3 Å². The number of amides is 1. The van der Waals surface area contributed by atoms with Gasteiger partial charge in [-0.2, -0.15) is 0 Å². The standard InChI is InChI=1S/C23H28FN3O4/c24-16-5-7-18(8-6-16)26-23(29)14-27-11-9-17(10-12-27)25-13-19(28)22-15-30-20-3-1-2-4-21(20)31-22/h1-8,17,19,22,25,28H,9-15H2,(H,26,29). The monoisotopic (exact) mass is 429 g/mol. The van der Waals surface area contributed by atoms with Crippen LogP contribution in [0.1, 0.15) is 12.8 Å². The van der Waals surface area contributed by atoms with Crippen molar-refractivity contribution in [2.45, 2.75) is 31.1 Å². The molecular formula is C23H28FN3O4. The van der Waals surface area contributed by atoms with Gasteiger partial charge in [0.2, 0.25) is 5.91 Å². The van der Waals surface area contributed by atoms with Crippen LogP contribution in [0.25, 0.3) is 0 Å². The molecule has 2 atom stereocenters. The molecule has 0 spiro atoms. The molecule has 3 N–H and O–H groups in total. The van der Waals surface area contributed by atoms with Crippen LogP contribution in [0.4, 0.5) is 10.1 Å². The van der Waals surface area contributed by atoms with E-state index in [1.165, 1.54) is 12.1 Å². The number of rotatable bonds is 7. The smallest absolute Gasteiger partial charge is 0.238 e. The Kier molecular flexibility index (Phi) is 7.01. The number of fused-ring (bicyclic) bond motifs is 1. The van der Waals surface area contributed by atoms with Gasteiger partial charge in [-0.1, -0.05) is 12.1 Å². The number of hydrogen-bond acceptors (Lipinski definition) is 6. The number of para-hydroxylation sites is 2. The summed E-state index contributed by atoms with van der Waals surface area (Å²) in [6.45, 7) is 2.63. The molecule has 7 nitrogen and oxygen atoms in total. The van der Waals surface area contributed by atoms with Crippen LogP contribution in [0.2, 0.25) is 0 Å². The van der Waals surface area contributed by atoms with Gasteiger partial charge in [0.15, 0.2) is 17.6 Å². The molecule has 2 heterocycles. The summed E-state index contributed by atoms with van der Waals surface area (Å²) in [5.74, 6) is 0.924. The van der Waals surface area contributed by atoms with Crippen molar-refractivity contribution < 1.29 is 23.8 Å². The lowest BCUT2D eigenvalue weighted by Crippen LogP contribution is -2.50. The number of carbonyl (C=O) groups excluding carboxylic acids is 1. The highest BCUT2D eigenvalue weighted by Crippen LogP contribution is 2.31. The number of hydrogen-bond donors (Lipinski definition) is 3. The third kappa shape index (κ3) is 5.94. The number of nitrogens with zero attached hydrogens (tertiary/aromatic N) is 1.